The standard InChI is InChI=1S/C16H22N2S/c1-4-9-13(3)17-16-18(14(5-2)12-19-16)15-10-7-6-8-11-15/h6-8,10-11,14H,3-5,9,12H2,1-2H3. The molecule has 0 aliphatic carbocycles. The van der Waals surface area contributed by atoms with Gasteiger partial charge in [0, 0.05) is 23.2 Å². The predicted octanol–water partition coefficient (Wildman–Crippen LogP) is 4.69. The summed E-state index contributed by atoms with van der Waals surface area (Å²) in [6.45, 7) is 8.46. The highest BCUT2D eigenvalue weighted by Gasteiger charge is 2.30. The Kier molecular flexibility index (Phi) is 5.08. The Hall–Kier alpha value is -1.22. The molecule has 1 saturated heterocycles. The van der Waals surface area contributed by atoms with E-state index in [-0.39, 0.29) is 0 Å². The minimum absolute atomic E-state index is 0.542. The Bertz CT molecular complexity index is 453. The predicted molar refractivity (Wildman–Crippen MR) is 86.9 cm³/mol. The monoisotopic (exact) mass is 274 g/mol. The number of amidine groups is 1. The lowest BCUT2D eigenvalue weighted by atomic mass is 10.2. The lowest BCUT2D eigenvalue weighted by Gasteiger charge is -2.25. The van der Waals surface area contributed by atoms with Crippen LogP contribution in [0.2, 0.25) is 0 Å². The van der Waals surface area contributed by atoms with Crippen LogP contribution in [0.3, 0.4) is 0 Å². The molecule has 1 aliphatic rings. The molecular formula is C16H22N2S. The number of aliphatic imine (C=N–C) groups is 1. The van der Waals surface area contributed by atoms with Gasteiger partial charge in [0.05, 0.1) is 0 Å². The SMILES string of the molecule is C=C(CCC)N=C1SCC(CC)N1c1ccccc1. The number of anilines is 1. The van der Waals surface area contributed by atoms with Crippen molar-refractivity contribution in [3.8, 4) is 0 Å². The van der Waals surface area contributed by atoms with Crippen molar-refractivity contribution in [1.29, 1.82) is 0 Å². The summed E-state index contributed by atoms with van der Waals surface area (Å²) in [7, 11) is 0. The van der Waals surface area contributed by atoms with Crippen LogP contribution in [0.5, 0.6) is 0 Å². The number of benzene rings is 1. The fourth-order valence-electron chi connectivity index (χ4n) is 2.25. The van der Waals surface area contributed by atoms with E-state index in [1.165, 1.54) is 5.69 Å². The van der Waals surface area contributed by atoms with Gasteiger partial charge >= 0.3 is 0 Å². The Morgan fingerprint density at radius 3 is 2.74 bits per heavy atom. The van der Waals surface area contributed by atoms with Crippen LogP contribution in [-0.2, 0) is 0 Å². The third kappa shape index (κ3) is 3.41. The van der Waals surface area contributed by atoms with Gasteiger partial charge in [-0.05, 0) is 25.0 Å². The van der Waals surface area contributed by atoms with Gasteiger partial charge in [0.15, 0.2) is 5.17 Å². The maximum atomic E-state index is 4.73. The van der Waals surface area contributed by atoms with Crippen LogP contribution in [0.4, 0.5) is 5.69 Å². The van der Waals surface area contributed by atoms with Crippen LogP contribution in [-0.4, -0.2) is 17.0 Å². The largest absolute Gasteiger partial charge is 0.317 e. The number of para-hydroxylation sites is 1. The van der Waals surface area contributed by atoms with Gasteiger partial charge in [-0.2, -0.15) is 0 Å². The smallest absolute Gasteiger partial charge is 0.168 e. The van der Waals surface area contributed by atoms with Crippen LogP contribution in [0.1, 0.15) is 33.1 Å². The number of hydrogen-bond donors (Lipinski definition) is 0. The van der Waals surface area contributed by atoms with E-state index in [1.807, 2.05) is 11.8 Å². The van der Waals surface area contributed by atoms with Crippen LogP contribution in [0.15, 0.2) is 47.6 Å². The molecule has 1 fully saturated rings. The maximum absolute atomic E-state index is 4.73. The molecule has 1 unspecified atom stereocenters. The quantitative estimate of drug-likeness (QED) is 0.774. The molecule has 0 aromatic heterocycles. The van der Waals surface area contributed by atoms with Crippen molar-refractivity contribution in [3.05, 3.63) is 42.6 Å². The Morgan fingerprint density at radius 1 is 1.37 bits per heavy atom. The molecular weight excluding hydrogens is 252 g/mol. The minimum atomic E-state index is 0.542. The Balaban J connectivity index is 2.26. The maximum Gasteiger partial charge on any atom is 0.168 e. The Morgan fingerprint density at radius 2 is 2.11 bits per heavy atom. The van der Waals surface area contributed by atoms with E-state index in [0.29, 0.717) is 6.04 Å². The van der Waals surface area contributed by atoms with E-state index >= 15 is 0 Å². The molecule has 2 nitrogen and oxygen atoms in total. The number of rotatable bonds is 5. The molecule has 1 aromatic carbocycles. The average molecular weight is 274 g/mol. The first-order chi connectivity index (χ1) is 9.26. The van der Waals surface area contributed by atoms with Gasteiger partial charge in [0.25, 0.3) is 0 Å². The zero-order valence-corrected chi connectivity index (χ0v) is 12.6. The second-order valence-electron chi connectivity index (χ2n) is 4.79. The second kappa shape index (κ2) is 6.80. The highest BCUT2D eigenvalue weighted by atomic mass is 32.2. The zero-order chi connectivity index (χ0) is 13.7. The van der Waals surface area contributed by atoms with Crippen LogP contribution in [0, 0.1) is 0 Å². The van der Waals surface area contributed by atoms with Crippen molar-refractivity contribution in [1.82, 2.24) is 0 Å². The summed E-state index contributed by atoms with van der Waals surface area (Å²) in [6.07, 6.45) is 3.22. The molecule has 19 heavy (non-hydrogen) atoms. The number of allylic oxidation sites excluding steroid dienone is 1. The van der Waals surface area contributed by atoms with Crippen molar-refractivity contribution in [3.63, 3.8) is 0 Å². The van der Waals surface area contributed by atoms with E-state index in [2.05, 4.69) is 55.7 Å². The molecule has 1 heterocycles. The highest BCUT2D eigenvalue weighted by molar-refractivity contribution is 8.14. The van der Waals surface area contributed by atoms with Crippen molar-refractivity contribution >= 4 is 22.6 Å². The third-order valence-electron chi connectivity index (χ3n) is 3.27. The fourth-order valence-corrected chi connectivity index (χ4v) is 3.56. The molecule has 1 aliphatic heterocycles. The molecule has 0 saturated carbocycles. The molecule has 3 heteroatoms. The first-order valence-electron chi connectivity index (χ1n) is 6.99. The van der Waals surface area contributed by atoms with Crippen LogP contribution >= 0.6 is 11.8 Å². The summed E-state index contributed by atoms with van der Waals surface area (Å²) >= 11 is 1.85. The van der Waals surface area contributed by atoms with Crippen molar-refractivity contribution in [2.75, 3.05) is 10.7 Å². The number of nitrogens with zero attached hydrogens (tertiary/aromatic N) is 2. The molecule has 0 amide bonds. The van der Waals surface area contributed by atoms with Gasteiger partial charge in [0.1, 0.15) is 0 Å². The molecule has 0 bridgehead atoms. The highest BCUT2D eigenvalue weighted by Crippen LogP contribution is 2.32. The van der Waals surface area contributed by atoms with Gasteiger partial charge in [0.2, 0.25) is 0 Å². The van der Waals surface area contributed by atoms with E-state index < -0.39 is 0 Å². The van der Waals surface area contributed by atoms with Gasteiger partial charge in [-0.15, -0.1) is 0 Å². The Labute approximate surface area is 120 Å². The molecule has 2 rings (SSSR count). The molecule has 1 aromatic rings. The lowest BCUT2D eigenvalue weighted by Crippen LogP contribution is -2.33. The summed E-state index contributed by atoms with van der Waals surface area (Å²) in [4.78, 5) is 7.10. The second-order valence-corrected chi connectivity index (χ2v) is 5.78. The van der Waals surface area contributed by atoms with Gasteiger partial charge < -0.3 is 4.90 Å². The van der Waals surface area contributed by atoms with E-state index in [1.54, 1.807) is 0 Å². The number of thioether (sulfide) groups is 1. The van der Waals surface area contributed by atoms with Crippen LogP contribution in [0.25, 0.3) is 0 Å². The fraction of sp³-hybridized carbons (Fsp3) is 0.438. The van der Waals surface area contributed by atoms with Crippen LogP contribution < -0.4 is 4.90 Å². The molecule has 0 N–H and O–H groups in total. The number of hydrogen-bond acceptors (Lipinski definition) is 2. The molecule has 0 radical (unpaired) electrons. The molecule has 102 valence electrons. The van der Waals surface area contributed by atoms with E-state index in [0.717, 1.165) is 35.9 Å². The lowest BCUT2D eigenvalue weighted by molar-refractivity contribution is 0.724. The topological polar surface area (TPSA) is 15.6 Å². The van der Waals surface area contributed by atoms with Crippen molar-refractivity contribution < 1.29 is 0 Å². The molecule has 1 atom stereocenters. The van der Waals surface area contributed by atoms with Gasteiger partial charge in [-0.3, -0.25) is 0 Å². The van der Waals surface area contributed by atoms with Crippen molar-refractivity contribution in [2.24, 2.45) is 4.99 Å². The van der Waals surface area contributed by atoms with E-state index in [9.17, 15) is 0 Å². The van der Waals surface area contributed by atoms with Gasteiger partial charge in [-0.1, -0.05) is 56.8 Å². The first-order valence-corrected chi connectivity index (χ1v) is 7.98. The molecule has 0 spiro atoms. The first kappa shape index (κ1) is 14.2. The summed E-state index contributed by atoms with van der Waals surface area (Å²) in [6, 6.07) is 11.1. The minimum Gasteiger partial charge on any atom is -0.317 e. The van der Waals surface area contributed by atoms with Crippen molar-refractivity contribution in [2.45, 2.75) is 39.2 Å². The third-order valence-corrected chi connectivity index (χ3v) is 4.37. The van der Waals surface area contributed by atoms with Gasteiger partial charge in [-0.25, -0.2) is 4.99 Å². The summed E-state index contributed by atoms with van der Waals surface area (Å²) in [5, 5.41) is 1.11. The summed E-state index contributed by atoms with van der Waals surface area (Å²) < 4.78 is 0. The summed E-state index contributed by atoms with van der Waals surface area (Å²) in [5.74, 6) is 1.11. The normalized spacial score (nSPS) is 21.1. The average Bonchev–Trinajstić information content (AvgIpc) is 2.82. The zero-order valence-electron chi connectivity index (χ0n) is 11.8. The van der Waals surface area contributed by atoms with E-state index in [4.69, 9.17) is 4.99 Å². The summed E-state index contributed by atoms with van der Waals surface area (Å²) in [5.41, 5.74) is 2.23.